The maximum absolute atomic E-state index is 13.6. The first-order valence-corrected chi connectivity index (χ1v) is 13.2. The number of hydrazine groups is 1. The Morgan fingerprint density at radius 1 is 0.950 bits per heavy atom. The number of nitrogens with zero attached hydrogens (tertiary/aromatic N) is 3. The van der Waals surface area contributed by atoms with Gasteiger partial charge in [0.1, 0.15) is 17.0 Å². The quantitative estimate of drug-likeness (QED) is 0.455. The van der Waals surface area contributed by atoms with Crippen molar-refractivity contribution in [3.8, 4) is 11.4 Å². The molecule has 40 heavy (non-hydrogen) atoms. The van der Waals surface area contributed by atoms with Gasteiger partial charge in [0.25, 0.3) is 5.91 Å². The molecule has 2 N–H and O–H groups in total. The minimum Gasteiger partial charge on any atom is -0.491 e. The van der Waals surface area contributed by atoms with E-state index >= 15 is 0 Å². The summed E-state index contributed by atoms with van der Waals surface area (Å²) in [6.45, 7) is 9.51. The van der Waals surface area contributed by atoms with Gasteiger partial charge in [-0.1, -0.05) is 30.3 Å². The molecule has 2 heterocycles. The fraction of sp³-hybridized carbons (Fsp3) is 0.379. The van der Waals surface area contributed by atoms with Crippen LogP contribution in [0.15, 0.2) is 59.4 Å². The van der Waals surface area contributed by atoms with Crippen LogP contribution < -0.4 is 21.3 Å². The number of carbonyl (C=O) groups excluding carboxylic acids is 3. The minimum absolute atomic E-state index is 0.01000. The van der Waals surface area contributed by atoms with Crippen LogP contribution in [0.25, 0.3) is 5.69 Å². The topological polar surface area (TPSA) is 124 Å². The Balaban J connectivity index is 1.66. The van der Waals surface area contributed by atoms with E-state index in [9.17, 15) is 19.2 Å². The Kier molecular flexibility index (Phi) is 8.32. The van der Waals surface area contributed by atoms with Crippen LogP contribution in [0.4, 0.5) is 4.79 Å². The molecule has 3 amide bonds. The van der Waals surface area contributed by atoms with Crippen molar-refractivity contribution in [1.29, 1.82) is 0 Å². The van der Waals surface area contributed by atoms with Crippen LogP contribution in [0, 0.1) is 0 Å². The Morgan fingerprint density at radius 2 is 1.62 bits per heavy atom. The first-order valence-electron chi connectivity index (χ1n) is 13.2. The molecule has 0 fully saturated rings. The van der Waals surface area contributed by atoms with E-state index in [0.29, 0.717) is 17.1 Å². The van der Waals surface area contributed by atoms with Gasteiger partial charge < -0.3 is 14.4 Å². The molecule has 11 heteroatoms. The molecule has 4 rings (SSSR count). The number of hydrogen-bond donors (Lipinski definition) is 2. The fourth-order valence-corrected chi connectivity index (χ4v) is 4.37. The molecule has 11 nitrogen and oxygen atoms in total. The van der Waals surface area contributed by atoms with E-state index in [1.165, 1.54) is 14.0 Å². The molecule has 212 valence electrons. The van der Waals surface area contributed by atoms with E-state index in [1.807, 2.05) is 32.0 Å². The number of ether oxygens (including phenoxy) is 2. The van der Waals surface area contributed by atoms with E-state index < -0.39 is 29.2 Å². The number of nitrogens with one attached hydrogen (secondary N) is 2. The Bertz CT molecular complexity index is 1430. The van der Waals surface area contributed by atoms with Gasteiger partial charge in [0.15, 0.2) is 0 Å². The molecule has 0 spiro atoms. The van der Waals surface area contributed by atoms with Crippen LogP contribution in [0.5, 0.6) is 5.75 Å². The molecule has 3 aromatic rings. The molecule has 1 aromatic heterocycles. The third kappa shape index (κ3) is 6.71. The van der Waals surface area contributed by atoms with Gasteiger partial charge >= 0.3 is 11.8 Å². The first-order chi connectivity index (χ1) is 18.9. The summed E-state index contributed by atoms with van der Waals surface area (Å²) in [4.78, 5) is 53.9. The van der Waals surface area contributed by atoms with Crippen molar-refractivity contribution in [1.82, 2.24) is 24.9 Å². The maximum atomic E-state index is 13.6. The molecule has 0 atom stereocenters. The molecule has 0 aliphatic carbocycles. The molecule has 1 aliphatic heterocycles. The zero-order chi connectivity index (χ0) is 29.0. The average molecular weight is 550 g/mol. The second-order valence-electron chi connectivity index (χ2n) is 10.8. The summed E-state index contributed by atoms with van der Waals surface area (Å²) >= 11 is 0. The summed E-state index contributed by atoms with van der Waals surface area (Å²) in [5.74, 6) is -0.501. The van der Waals surface area contributed by atoms with Gasteiger partial charge in [-0.05, 0) is 64.4 Å². The molecule has 0 unspecified atom stereocenters. The number of amides is 3. The summed E-state index contributed by atoms with van der Waals surface area (Å²) in [6.07, 6.45) is -0.516. The fourth-order valence-electron chi connectivity index (χ4n) is 4.37. The van der Waals surface area contributed by atoms with Gasteiger partial charge in [0.05, 0.1) is 30.5 Å². The van der Waals surface area contributed by atoms with E-state index in [0.717, 1.165) is 5.56 Å². The van der Waals surface area contributed by atoms with Gasteiger partial charge in [0.2, 0.25) is 5.91 Å². The van der Waals surface area contributed by atoms with Crippen LogP contribution in [-0.2, 0) is 29.0 Å². The van der Waals surface area contributed by atoms with Crippen LogP contribution in [0.2, 0.25) is 0 Å². The Labute approximate surface area is 232 Å². The third-order valence-corrected chi connectivity index (χ3v) is 6.04. The number of aromatic nitrogens is 2. The lowest BCUT2D eigenvalue weighted by atomic mass is 10.1. The highest BCUT2D eigenvalue weighted by molar-refractivity contribution is 5.96. The van der Waals surface area contributed by atoms with E-state index in [4.69, 9.17) is 9.47 Å². The van der Waals surface area contributed by atoms with Crippen molar-refractivity contribution >= 4 is 17.9 Å². The van der Waals surface area contributed by atoms with E-state index in [1.54, 1.807) is 57.2 Å². The van der Waals surface area contributed by atoms with E-state index in [-0.39, 0.29) is 37.9 Å². The van der Waals surface area contributed by atoms with Crippen LogP contribution >= 0.6 is 0 Å². The van der Waals surface area contributed by atoms with E-state index in [2.05, 4.69) is 10.9 Å². The second-order valence-corrected chi connectivity index (χ2v) is 10.8. The van der Waals surface area contributed by atoms with Crippen LogP contribution in [0.3, 0.4) is 0 Å². The number of carbonyl (C=O) groups is 3. The lowest BCUT2D eigenvalue weighted by Gasteiger charge is -2.30. The molecule has 0 saturated carbocycles. The number of imidazole rings is 1. The predicted octanol–water partition coefficient (Wildman–Crippen LogP) is 3.18. The highest BCUT2D eigenvalue weighted by Crippen LogP contribution is 2.23. The second kappa shape index (κ2) is 11.7. The lowest BCUT2D eigenvalue weighted by molar-refractivity contribution is -0.121. The summed E-state index contributed by atoms with van der Waals surface area (Å²) in [7, 11) is 0. The van der Waals surface area contributed by atoms with Gasteiger partial charge in [0, 0.05) is 13.1 Å². The van der Waals surface area contributed by atoms with Gasteiger partial charge in [-0.15, -0.1) is 0 Å². The number of rotatable bonds is 6. The van der Waals surface area contributed by atoms with Crippen LogP contribution in [0.1, 0.15) is 56.4 Å². The van der Waals surface area contributed by atoms with Crippen molar-refractivity contribution in [2.45, 2.75) is 65.8 Å². The summed E-state index contributed by atoms with van der Waals surface area (Å²) in [6, 6.07) is 15.9. The van der Waals surface area contributed by atoms with Gasteiger partial charge in [-0.3, -0.25) is 29.6 Å². The van der Waals surface area contributed by atoms with Crippen molar-refractivity contribution in [3.05, 3.63) is 82.0 Å². The Morgan fingerprint density at radius 3 is 2.25 bits per heavy atom. The summed E-state index contributed by atoms with van der Waals surface area (Å²) < 4.78 is 14.0. The highest BCUT2D eigenvalue weighted by atomic mass is 16.6. The van der Waals surface area contributed by atoms with Gasteiger partial charge in [-0.2, -0.15) is 0 Å². The smallest absolute Gasteiger partial charge is 0.410 e. The summed E-state index contributed by atoms with van der Waals surface area (Å²) in [5.41, 5.74) is 5.30. The average Bonchev–Trinajstić information content (AvgIpc) is 3.18. The predicted molar refractivity (Wildman–Crippen MR) is 148 cm³/mol. The minimum atomic E-state index is -0.705. The first kappa shape index (κ1) is 28.5. The monoisotopic (exact) mass is 549 g/mol. The van der Waals surface area contributed by atoms with Crippen molar-refractivity contribution < 1.29 is 23.9 Å². The number of fused-ring (bicyclic) bond motifs is 1. The standard InChI is InChI=1S/C29H35N5O6/c1-19(2)39-22-13-11-21(12-14-22)34-25(26(36)31-30-24(35)17-20-9-7-6-8-10-20)23-18-32(15-16-33(23)27(34)37)28(38)40-29(3,4)5/h6-14,19H,15-18H2,1-5H3,(H,30,35)(H,31,36). The lowest BCUT2D eigenvalue weighted by Crippen LogP contribution is -2.45. The SMILES string of the molecule is CC(C)Oc1ccc(-n2c(C(=O)NNC(=O)Cc3ccccc3)c3n(c2=O)CCN(C(=O)OC(C)(C)C)C3)cc1. The van der Waals surface area contributed by atoms with Crippen LogP contribution in [-0.4, -0.2) is 50.2 Å². The Hall–Kier alpha value is -4.54. The zero-order valence-electron chi connectivity index (χ0n) is 23.4. The molecule has 0 saturated heterocycles. The molecular formula is C29H35N5O6. The van der Waals surface area contributed by atoms with Crippen molar-refractivity contribution in [3.63, 3.8) is 0 Å². The van der Waals surface area contributed by atoms with Crippen molar-refractivity contribution in [2.75, 3.05) is 6.54 Å². The molecule has 0 radical (unpaired) electrons. The molecule has 0 bridgehead atoms. The largest absolute Gasteiger partial charge is 0.491 e. The summed E-state index contributed by atoms with van der Waals surface area (Å²) in [5, 5.41) is 0. The highest BCUT2D eigenvalue weighted by Gasteiger charge is 2.33. The molecule has 2 aromatic carbocycles. The molecule has 1 aliphatic rings. The molecular weight excluding hydrogens is 514 g/mol. The number of benzene rings is 2. The zero-order valence-corrected chi connectivity index (χ0v) is 23.4. The number of hydrogen-bond acceptors (Lipinski definition) is 6. The maximum Gasteiger partial charge on any atom is 0.410 e. The van der Waals surface area contributed by atoms with Crippen molar-refractivity contribution in [2.24, 2.45) is 0 Å². The van der Waals surface area contributed by atoms with Gasteiger partial charge in [-0.25, -0.2) is 9.59 Å². The third-order valence-electron chi connectivity index (χ3n) is 6.04. The normalized spacial score (nSPS) is 13.0.